The summed E-state index contributed by atoms with van der Waals surface area (Å²) < 4.78 is 7.53. The van der Waals surface area contributed by atoms with E-state index in [4.69, 9.17) is 4.74 Å². The lowest BCUT2D eigenvalue weighted by molar-refractivity contribution is -0.113. The fourth-order valence-corrected chi connectivity index (χ4v) is 3.63. The predicted molar refractivity (Wildman–Crippen MR) is 117 cm³/mol. The fraction of sp³-hybridized carbons (Fsp3) is 0.227. The van der Waals surface area contributed by atoms with Gasteiger partial charge >= 0.3 is 0 Å². The minimum Gasteiger partial charge on any atom is -0.492 e. The topological polar surface area (TPSA) is 69.0 Å². The van der Waals surface area contributed by atoms with Crippen LogP contribution >= 0.6 is 11.8 Å². The number of hydrogen-bond donors (Lipinski definition) is 1. The van der Waals surface area contributed by atoms with Crippen molar-refractivity contribution in [3.63, 3.8) is 0 Å². The Bertz CT molecular complexity index is 1000. The quantitative estimate of drug-likeness (QED) is 0.415. The molecule has 0 saturated heterocycles. The maximum atomic E-state index is 12.5. The monoisotopic (exact) mass is 408 g/mol. The van der Waals surface area contributed by atoms with Crippen LogP contribution in [0.25, 0.3) is 11.4 Å². The number of aromatic nitrogens is 3. The zero-order valence-corrected chi connectivity index (χ0v) is 17.4. The van der Waals surface area contributed by atoms with Gasteiger partial charge in [0, 0.05) is 12.1 Å². The van der Waals surface area contributed by atoms with E-state index in [0.717, 1.165) is 17.0 Å². The van der Waals surface area contributed by atoms with E-state index in [9.17, 15) is 4.79 Å². The van der Waals surface area contributed by atoms with Crippen LogP contribution in [0.3, 0.4) is 0 Å². The third-order valence-corrected chi connectivity index (χ3v) is 5.17. The molecular formula is C22H24N4O2S. The van der Waals surface area contributed by atoms with Gasteiger partial charge in [0.2, 0.25) is 5.91 Å². The molecule has 0 saturated carbocycles. The summed E-state index contributed by atoms with van der Waals surface area (Å²) in [5, 5.41) is 12.2. The van der Waals surface area contributed by atoms with Crippen LogP contribution in [0.5, 0.6) is 5.75 Å². The summed E-state index contributed by atoms with van der Waals surface area (Å²) in [5.74, 6) is 1.51. The number of rotatable bonds is 9. The molecule has 0 aliphatic rings. The third kappa shape index (κ3) is 5.06. The number of nitrogens with one attached hydrogen (secondary N) is 1. The summed E-state index contributed by atoms with van der Waals surface area (Å²) in [5.41, 5.74) is 2.80. The lowest BCUT2D eigenvalue weighted by Gasteiger charge is -2.11. The number of carbonyl (C=O) groups is 1. The molecule has 2 aromatic carbocycles. The average molecular weight is 409 g/mol. The molecule has 29 heavy (non-hydrogen) atoms. The summed E-state index contributed by atoms with van der Waals surface area (Å²) in [6.45, 7) is 8.88. The number of nitrogens with zero attached hydrogens (tertiary/aromatic N) is 3. The summed E-state index contributed by atoms with van der Waals surface area (Å²) in [7, 11) is 0. The van der Waals surface area contributed by atoms with Gasteiger partial charge in [0.25, 0.3) is 0 Å². The molecule has 1 amide bonds. The Kier molecular flexibility index (Phi) is 7.08. The van der Waals surface area contributed by atoms with Crippen molar-refractivity contribution in [3.05, 3.63) is 66.7 Å². The molecule has 1 aromatic heterocycles. The van der Waals surface area contributed by atoms with E-state index >= 15 is 0 Å². The van der Waals surface area contributed by atoms with E-state index in [-0.39, 0.29) is 11.7 Å². The molecule has 0 aliphatic heterocycles. The van der Waals surface area contributed by atoms with Crippen LogP contribution in [0.15, 0.2) is 66.3 Å². The zero-order chi connectivity index (χ0) is 20.6. The van der Waals surface area contributed by atoms with Crippen LogP contribution in [0, 0.1) is 6.92 Å². The van der Waals surface area contributed by atoms with Crippen LogP contribution < -0.4 is 10.1 Å². The number of carbonyl (C=O) groups excluding carboxylic acids is 1. The molecule has 7 heteroatoms. The number of thioether (sulfide) groups is 1. The molecule has 150 valence electrons. The van der Waals surface area contributed by atoms with Crippen molar-refractivity contribution in [2.45, 2.75) is 25.5 Å². The molecule has 0 atom stereocenters. The number of para-hydroxylation sites is 2. The van der Waals surface area contributed by atoms with Crippen molar-refractivity contribution in [1.29, 1.82) is 0 Å². The first-order chi connectivity index (χ1) is 14.1. The van der Waals surface area contributed by atoms with Gasteiger partial charge in [-0.15, -0.1) is 16.8 Å². The molecule has 0 fully saturated rings. The highest BCUT2D eigenvalue weighted by Crippen LogP contribution is 2.27. The minimum atomic E-state index is -0.132. The van der Waals surface area contributed by atoms with E-state index in [0.29, 0.717) is 29.7 Å². The average Bonchev–Trinajstić information content (AvgIpc) is 3.11. The van der Waals surface area contributed by atoms with Crippen molar-refractivity contribution in [2.75, 3.05) is 17.7 Å². The Balaban J connectivity index is 1.73. The van der Waals surface area contributed by atoms with Gasteiger partial charge in [-0.25, -0.2) is 0 Å². The number of anilines is 1. The van der Waals surface area contributed by atoms with E-state index in [1.165, 1.54) is 11.8 Å². The largest absolute Gasteiger partial charge is 0.492 e. The van der Waals surface area contributed by atoms with Crippen molar-refractivity contribution >= 4 is 23.4 Å². The van der Waals surface area contributed by atoms with Crippen LogP contribution in [0.4, 0.5) is 5.69 Å². The van der Waals surface area contributed by atoms with Crippen molar-refractivity contribution in [1.82, 2.24) is 14.8 Å². The highest BCUT2D eigenvalue weighted by molar-refractivity contribution is 7.99. The Labute approximate surface area is 175 Å². The lowest BCUT2D eigenvalue weighted by atomic mass is 10.1. The lowest BCUT2D eigenvalue weighted by Crippen LogP contribution is -2.15. The molecule has 0 unspecified atom stereocenters. The predicted octanol–water partition coefficient (Wildman–Crippen LogP) is 4.57. The second kappa shape index (κ2) is 9.93. The molecule has 6 nitrogen and oxygen atoms in total. The van der Waals surface area contributed by atoms with Gasteiger partial charge in [0.1, 0.15) is 5.75 Å². The third-order valence-electron chi connectivity index (χ3n) is 4.21. The van der Waals surface area contributed by atoms with Gasteiger partial charge in [-0.05, 0) is 31.5 Å². The van der Waals surface area contributed by atoms with Gasteiger partial charge in [-0.1, -0.05) is 54.2 Å². The van der Waals surface area contributed by atoms with Crippen molar-refractivity contribution in [3.8, 4) is 17.1 Å². The summed E-state index contributed by atoms with van der Waals surface area (Å²) in [6.07, 6.45) is 1.80. The normalized spacial score (nSPS) is 10.6. The number of ether oxygens (including phenoxy) is 1. The molecule has 1 heterocycles. The molecule has 0 radical (unpaired) electrons. The zero-order valence-electron chi connectivity index (χ0n) is 16.6. The van der Waals surface area contributed by atoms with E-state index in [2.05, 4.69) is 22.1 Å². The van der Waals surface area contributed by atoms with Gasteiger partial charge in [-0.2, -0.15) is 0 Å². The molecule has 1 N–H and O–H groups in total. The van der Waals surface area contributed by atoms with Gasteiger partial charge in [0.05, 0.1) is 18.0 Å². The SMILES string of the molecule is C=CCn1c(SCC(=O)Nc2ccccc2OCC)nnc1-c1ccccc1C. The van der Waals surface area contributed by atoms with Gasteiger partial charge in [-0.3, -0.25) is 9.36 Å². The smallest absolute Gasteiger partial charge is 0.234 e. The molecule has 3 aromatic rings. The number of hydrogen-bond acceptors (Lipinski definition) is 5. The van der Waals surface area contributed by atoms with E-state index in [1.807, 2.05) is 66.9 Å². The minimum absolute atomic E-state index is 0.132. The van der Waals surface area contributed by atoms with Crippen LogP contribution in [0.2, 0.25) is 0 Å². The van der Waals surface area contributed by atoms with Crippen LogP contribution in [-0.4, -0.2) is 33.0 Å². The molecule has 0 aliphatic carbocycles. The maximum absolute atomic E-state index is 12.5. The number of amides is 1. The highest BCUT2D eigenvalue weighted by atomic mass is 32.2. The first-order valence-corrected chi connectivity index (χ1v) is 10.4. The summed E-state index contributed by atoms with van der Waals surface area (Å²) in [6, 6.07) is 15.4. The first-order valence-electron chi connectivity index (χ1n) is 9.38. The summed E-state index contributed by atoms with van der Waals surface area (Å²) >= 11 is 1.34. The Morgan fingerprint density at radius 2 is 1.97 bits per heavy atom. The second-order valence-corrected chi connectivity index (χ2v) is 7.23. The first kappa shape index (κ1) is 20.7. The molecule has 0 bridgehead atoms. The Morgan fingerprint density at radius 1 is 1.21 bits per heavy atom. The van der Waals surface area contributed by atoms with Gasteiger partial charge < -0.3 is 10.1 Å². The molecule has 3 rings (SSSR count). The number of allylic oxidation sites excluding steroid dienone is 1. The van der Waals surface area contributed by atoms with E-state index in [1.54, 1.807) is 6.08 Å². The van der Waals surface area contributed by atoms with Crippen LogP contribution in [-0.2, 0) is 11.3 Å². The Hall–Kier alpha value is -3.06. The van der Waals surface area contributed by atoms with E-state index < -0.39 is 0 Å². The maximum Gasteiger partial charge on any atom is 0.234 e. The van der Waals surface area contributed by atoms with Crippen LogP contribution in [0.1, 0.15) is 12.5 Å². The number of benzene rings is 2. The fourth-order valence-electron chi connectivity index (χ4n) is 2.88. The standard InChI is InChI=1S/C22H24N4O2S/c1-4-14-26-21(17-11-7-6-10-16(17)3)24-25-22(26)29-15-20(27)23-18-12-8-9-13-19(18)28-5-2/h4,6-13H,1,5,14-15H2,2-3H3,(H,23,27). The highest BCUT2D eigenvalue weighted by Gasteiger charge is 2.16. The van der Waals surface area contributed by atoms with Crippen molar-refractivity contribution in [2.24, 2.45) is 0 Å². The molecule has 0 spiro atoms. The van der Waals surface area contributed by atoms with Crippen molar-refractivity contribution < 1.29 is 9.53 Å². The second-order valence-electron chi connectivity index (χ2n) is 6.29. The summed E-state index contributed by atoms with van der Waals surface area (Å²) in [4.78, 5) is 12.5. The number of aryl methyl sites for hydroxylation is 1. The Morgan fingerprint density at radius 3 is 2.72 bits per heavy atom. The van der Waals surface area contributed by atoms with Gasteiger partial charge in [0.15, 0.2) is 11.0 Å². The molecular weight excluding hydrogens is 384 g/mol.